The number of amides is 1. The molecule has 0 aromatic rings. The highest BCUT2D eigenvalue weighted by atomic mass is 16.4. The van der Waals surface area contributed by atoms with Crippen LogP contribution in [-0.2, 0) is 9.59 Å². The van der Waals surface area contributed by atoms with Crippen LogP contribution < -0.4 is 5.32 Å². The number of nitrogens with zero attached hydrogens (tertiary/aromatic N) is 1. The second-order valence-corrected chi connectivity index (χ2v) is 5.12. The zero-order valence-electron chi connectivity index (χ0n) is 10.2. The highest BCUT2D eigenvalue weighted by Crippen LogP contribution is 2.31. The van der Waals surface area contributed by atoms with Gasteiger partial charge in [-0.05, 0) is 18.8 Å². The minimum absolute atomic E-state index is 0.0882. The van der Waals surface area contributed by atoms with Gasteiger partial charge in [-0.2, -0.15) is 0 Å². The highest BCUT2D eigenvalue weighted by molar-refractivity contribution is 5.86. The van der Waals surface area contributed by atoms with Crippen LogP contribution in [-0.4, -0.2) is 47.1 Å². The standard InChI is InChI=1S/C12H20N2O3/c1-8-3-2-4-9(8)14-6-5-13-12(17)10(14)7-11(15)16/h8-10H,2-7H2,1H3,(H,13,17)(H,15,16). The van der Waals surface area contributed by atoms with Crippen molar-refractivity contribution in [3.63, 3.8) is 0 Å². The number of nitrogens with one attached hydrogen (secondary N) is 1. The summed E-state index contributed by atoms with van der Waals surface area (Å²) in [5.41, 5.74) is 0. The Balaban J connectivity index is 2.11. The van der Waals surface area contributed by atoms with E-state index in [-0.39, 0.29) is 12.3 Å². The maximum absolute atomic E-state index is 11.8. The zero-order chi connectivity index (χ0) is 12.4. The van der Waals surface area contributed by atoms with Gasteiger partial charge in [0.15, 0.2) is 0 Å². The topological polar surface area (TPSA) is 69.6 Å². The molecule has 96 valence electrons. The van der Waals surface area contributed by atoms with Gasteiger partial charge in [0.05, 0.1) is 12.5 Å². The number of carboxylic acids is 1. The molecule has 2 rings (SSSR count). The zero-order valence-corrected chi connectivity index (χ0v) is 10.2. The fraction of sp³-hybridized carbons (Fsp3) is 0.833. The summed E-state index contributed by atoms with van der Waals surface area (Å²) in [6.45, 7) is 3.61. The Labute approximate surface area is 101 Å². The van der Waals surface area contributed by atoms with Crippen LogP contribution in [0.5, 0.6) is 0 Å². The first-order valence-electron chi connectivity index (χ1n) is 6.35. The normalized spacial score (nSPS) is 34.6. The van der Waals surface area contributed by atoms with Crippen LogP contribution in [0, 0.1) is 5.92 Å². The quantitative estimate of drug-likeness (QED) is 0.751. The lowest BCUT2D eigenvalue weighted by molar-refractivity contribution is -0.144. The predicted octanol–water partition coefficient (Wildman–Crippen LogP) is 0.450. The van der Waals surface area contributed by atoms with Gasteiger partial charge in [0.1, 0.15) is 0 Å². The molecule has 17 heavy (non-hydrogen) atoms. The average Bonchev–Trinajstić information content (AvgIpc) is 2.67. The van der Waals surface area contributed by atoms with E-state index < -0.39 is 12.0 Å². The van der Waals surface area contributed by atoms with Gasteiger partial charge in [-0.25, -0.2) is 0 Å². The lowest BCUT2D eigenvalue weighted by Gasteiger charge is -2.40. The Bertz CT molecular complexity index is 319. The van der Waals surface area contributed by atoms with Gasteiger partial charge in [0.2, 0.25) is 5.91 Å². The second kappa shape index (κ2) is 5.04. The number of aliphatic carboxylic acids is 1. The summed E-state index contributed by atoms with van der Waals surface area (Å²) >= 11 is 0. The third kappa shape index (κ3) is 2.60. The molecule has 3 unspecified atom stereocenters. The Hall–Kier alpha value is -1.10. The molecule has 1 saturated carbocycles. The predicted molar refractivity (Wildman–Crippen MR) is 62.6 cm³/mol. The smallest absolute Gasteiger partial charge is 0.305 e. The summed E-state index contributed by atoms with van der Waals surface area (Å²) in [5, 5.41) is 11.7. The van der Waals surface area contributed by atoms with E-state index in [0.29, 0.717) is 18.5 Å². The van der Waals surface area contributed by atoms with Crippen LogP contribution in [0.25, 0.3) is 0 Å². The molecule has 0 spiro atoms. The molecule has 2 N–H and O–H groups in total. The molecular weight excluding hydrogens is 220 g/mol. The summed E-state index contributed by atoms with van der Waals surface area (Å²) in [6, 6.07) is -0.0998. The van der Waals surface area contributed by atoms with Crippen molar-refractivity contribution in [2.24, 2.45) is 5.92 Å². The maximum atomic E-state index is 11.8. The van der Waals surface area contributed by atoms with Crippen molar-refractivity contribution in [2.75, 3.05) is 13.1 Å². The summed E-state index contributed by atoms with van der Waals surface area (Å²) < 4.78 is 0. The molecule has 2 aliphatic rings. The van der Waals surface area contributed by atoms with Gasteiger partial charge in [0.25, 0.3) is 0 Å². The molecule has 0 aromatic carbocycles. The lowest BCUT2D eigenvalue weighted by Crippen LogP contribution is -2.59. The van der Waals surface area contributed by atoms with E-state index >= 15 is 0 Å². The van der Waals surface area contributed by atoms with E-state index in [0.717, 1.165) is 13.0 Å². The maximum Gasteiger partial charge on any atom is 0.305 e. The third-order valence-corrected chi connectivity index (χ3v) is 3.98. The van der Waals surface area contributed by atoms with Crippen LogP contribution in [0.4, 0.5) is 0 Å². The monoisotopic (exact) mass is 240 g/mol. The molecule has 1 amide bonds. The molecule has 5 nitrogen and oxygen atoms in total. The minimum Gasteiger partial charge on any atom is -0.481 e. The fourth-order valence-corrected chi connectivity index (χ4v) is 3.12. The molecular formula is C12H20N2O3. The van der Waals surface area contributed by atoms with Gasteiger partial charge in [-0.15, -0.1) is 0 Å². The summed E-state index contributed by atoms with van der Waals surface area (Å²) in [7, 11) is 0. The largest absolute Gasteiger partial charge is 0.481 e. The molecule has 1 aliphatic carbocycles. The van der Waals surface area contributed by atoms with Gasteiger partial charge in [-0.1, -0.05) is 13.3 Å². The molecule has 0 radical (unpaired) electrons. The lowest BCUT2D eigenvalue weighted by atomic mass is 9.99. The summed E-state index contributed by atoms with van der Waals surface area (Å²) in [4.78, 5) is 24.8. The Morgan fingerprint density at radius 1 is 1.53 bits per heavy atom. The molecule has 2 fully saturated rings. The number of rotatable bonds is 3. The molecule has 0 bridgehead atoms. The number of hydrogen-bond acceptors (Lipinski definition) is 3. The second-order valence-electron chi connectivity index (χ2n) is 5.12. The molecule has 3 atom stereocenters. The molecule has 1 heterocycles. The van der Waals surface area contributed by atoms with Crippen molar-refractivity contribution in [3.05, 3.63) is 0 Å². The first-order valence-corrected chi connectivity index (χ1v) is 6.35. The van der Waals surface area contributed by atoms with Crippen molar-refractivity contribution in [1.82, 2.24) is 10.2 Å². The summed E-state index contributed by atoms with van der Waals surface area (Å²) in [5.74, 6) is -0.461. The molecule has 1 saturated heterocycles. The Morgan fingerprint density at radius 3 is 2.88 bits per heavy atom. The van der Waals surface area contributed by atoms with Crippen LogP contribution in [0.15, 0.2) is 0 Å². The third-order valence-electron chi connectivity index (χ3n) is 3.98. The SMILES string of the molecule is CC1CCCC1N1CCNC(=O)C1CC(=O)O. The van der Waals surface area contributed by atoms with E-state index in [1.165, 1.54) is 12.8 Å². The number of carbonyl (C=O) groups excluding carboxylic acids is 1. The van der Waals surface area contributed by atoms with Crippen molar-refractivity contribution in [1.29, 1.82) is 0 Å². The van der Waals surface area contributed by atoms with Crippen LogP contribution in [0.1, 0.15) is 32.6 Å². The summed E-state index contributed by atoms with van der Waals surface area (Å²) in [6.07, 6.45) is 3.37. The van der Waals surface area contributed by atoms with Crippen molar-refractivity contribution < 1.29 is 14.7 Å². The van der Waals surface area contributed by atoms with E-state index in [1.807, 2.05) is 0 Å². The van der Waals surface area contributed by atoms with Crippen molar-refractivity contribution in [3.8, 4) is 0 Å². The minimum atomic E-state index is -0.900. The fourth-order valence-electron chi connectivity index (χ4n) is 3.12. The first kappa shape index (κ1) is 12.4. The van der Waals surface area contributed by atoms with Gasteiger partial charge in [0, 0.05) is 19.1 Å². The molecule has 5 heteroatoms. The van der Waals surface area contributed by atoms with E-state index in [2.05, 4.69) is 17.1 Å². The molecule has 1 aliphatic heterocycles. The van der Waals surface area contributed by atoms with Gasteiger partial charge >= 0.3 is 5.97 Å². The number of carbonyl (C=O) groups is 2. The van der Waals surface area contributed by atoms with Crippen molar-refractivity contribution >= 4 is 11.9 Å². The van der Waals surface area contributed by atoms with Crippen molar-refractivity contribution in [2.45, 2.75) is 44.7 Å². The van der Waals surface area contributed by atoms with Gasteiger partial charge in [-0.3, -0.25) is 14.5 Å². The highest BCUT2D eigenvalue weighted by Gasteiger charge is 2.39. The average molecular weight is 240 g/mol. The number of piperazine rings is 1. The van der Waals surface area contributed by atoms with E-state index in [9.17, 15) is 9.59 Å². The van der Waals surface area contributed by atoms with Gasteiger partial charge < -0.3 is 10.4 Å². The van der Waals surface area contributed by atoms with Crippen LogP contribution in [0.2, 0.25) is 0 Å². The van der Waals surface area contributed by atoms with E-state index in [4.69, 9.17) is 5.11 Å². The number of hydrogen-bond donors (Lipinski definition) is 2. The Morgan fingerprint density at radius 2 is 2.29 bits per heavy atom. The van der Waals surface area contributed by atoms with E-state index in [1.54, 1.807) is 0 Å². The Kier molecular flexibility index (Phi) is 3.66. The van der Waals surface area contributed by atoms with Crippen LogP contribution in [0.3, 0.4) is 0 Å². The molecule has 0 aromatic heterocycles. The first-order chi connectivity index (χ1) is 8.09. The van der Waals surface area contributed by atoms with Crippen LogP contribution >= 0.6 is 0 Å². The number of carboxylic acid groups (broad SMARTS) is 1.